The van der Waals surface area contributed by atoms with Crippen molar-refractivity contribution in [2.75, 3.05) is 0 Å². The first-order valence-corrected chi connectivity index (χ1v) is 5.81. The van der Waals surface area contributed by atoms with Crippen LogP contribution in [0.1, 0.15) is 46.3 Å². The van der Waals surface area contributed by atoms with Crippen molar-refractivity contribution in [3.05, 3.63) is 35.0 Å². The lowest BCUT2D eigenvalue weighted by molar-refractivity contribution is 0.0699. The molecule has 0 spiro atoms. The van der Waals surface area contributed by atoms with Crippen LogP contribution in [0.4, 0.5) is 0 Å². The van der Waals surface area contributed by atoms with Crippen LogP contribution in [0.3, 0.4) is 0 Å². The highest BCUT2D eigenvalue weighted by atomic mass is 16.4. The van der Waals surface area contributed by atoms with E-state index in [0.29, 0.717) is 10.9 Å². The number of carboxylic acid groups (broad SMARTS) is 1. The maximum Gasteiger partial charge on any atom is 0.336 e. The highest BCUT2D eigenvalue weighted by Crippen LogP contribution is 2.30. The van der Waals surface area contributed by atoms with Crippen molar-refractivity contribution in [3.8, 4) is 0 Å². The summed E-state index contributed by atoms with van der Waals surface area (Å²) in [4.78, 5) is 22.5. The number of fused-ring (bicyclic) bond motifs is 1. The van der Waals surface area contributed by atoms with Gasteiger partial charge in [-0.2, -0.15) is 0 Å². The van der Waals surface area contributed by atoms with E-state index >= 15 is 0 Å². The van der Waals surface area contributed by atoms with E-state index in [2.05, 4.69) is 0 Å². The lowest BCUT2D eigenvalue weighted by Crippen LogP contribution is -2.03. The molecule has 0 saturated heterocycles. The largest absolute Gasteiger partial charge is 0.478 e. The molecular formula is C14H15NO3. The molecule has 2 rings (SSSR count). The number of aldehydes is 1. The Hall–Kier alpha value is -2.10. The van der Waals surface area contributed by atoms with Gasteiger partial charge in [-0.25, -0.2) is 4.79 Å². The van der Waals surface area contributed by atoms with E-state index in [0.717, 1.165) is 17.5 Å². The third kappa shape index (κ3) is 1.61. The third-order valence-corrected chi connectivity index (χ3v) is 3.19. The summed E-state index contributed by atoms with van der Waals surface area (Å²) in [6, 6.07) is 5.26. The van der Waals surface area contributed by atoms with Gasteiger partial charge in [-0.05, 0) is 32.9 Å². The quantitative estimate of drug-likeness (QED) is 0.845. The maximum atomic E-state index is 11.2. The molecule has 1 aromatic heterocycles. The number of rotatable bonds is 3. The van der Waals surface area contributed by atoms with Gasteiger partial charge >= 0.3 is 5.97 Å². The second kappa shape index (κ2) is 4.29. The van der Waals surface area contributed by atoms with Gasteiger partial charge in [0.15, 0.2) is 6.29 Å². The van der Waals surface area contributed by atoms with Crippen LogP contribution in [0.5, 0.6) is 0 Å². The molecule has 0 aliphatic heterocycles. The van der Waals surface area contributed by atoms with E-state index in [1.165, 1.54) is 6.07 Å². The van der Waals surface area contributed by atoms with Gasteiger partial charge in [-0.15, -0.1) is 0 Å². The van der Waals surface area contributed by atoms with Crippen molar-refractivity contribution in [1.29, 1.82) is 0 Å². The molecule has 0 radical (unpaired) electrons. The summed E-state index contributed by atoms with van der Waals surface area (Å²) in [5.74, 6) is -1.01. The fraction of sp³-hybridized carbons (Fsp3) is 0.286. The number of carbonyl (C=O) groups is 2. The Morgan fingerprint density at radius 1 is 1.39 bits per heavy atom. The first kappa shape index (κ1) is 12.4. The van der Waals surface area contributed by atoms with Gasteiger partial charge in [0.2, 0.25) is 0 Å². The number of hydrogen-bond donors (Lipinski definition) is 1. The summed E-state index contributed by atoms with van der Waals surface area (Å²) >= 11 is 0. The molecule has 2 aromatic rings. The third-order valence-electron chi connectivity index (χ3n) is 3.19. The Bertz CT molecular complexity index is 638. The lowest BCUT2D eigenvalue weighted by Gasteiger charge is -2.12. The molecule has 0 amide bonds. The molecular weight excluding hydrogens is 230 g/mol. The molecule has 0 aliphatic carbocycles. The van der Waals surface area contributed by atoms with Crippen molar-refractivity contribution in [3.63, 3.8) is 0 Å². The number of aromatic nitrogens is 1. The molecule has 94 valence electrons. The number of benzene rings is 1. The molecule has 0 fully saturated rings. The van der Waals surface area contributed by atoms with Crippen LogP contribution < -0.4 is 0 Å². The summed E-state index contributed by atoms with van der Waals surface area (Å²) in [5, 5.41) is 9.75. The Kier molecular flexibility index (Phi) is 2.95. The SMILES string of the molecule is Cc1c(C=O)c2c(C(=O)O)cccc2n1C(C)C. The highest BCUT2D eigenvalue weighted by Gasteiger charge is 2.20. The molecule has 18 heavy (non-hydrogen) atoms. The zero-order valence-electron chi connectivity index (χ0n) is 10.6. The van der Waals surface area contributed by atoms with Gasteiger partial charge in [-0.1, -0.05) is 6.07 Å². The van der Waals surface area contributed by atoms with Crippen LogP contribution in [-0.4, -0.2) is 21.9 Å². The van der Waals surface area contributed by atoms with E-state index in [9.17, 15) is 14.7 Å². The first-order chi connectivity index (χ1) is 8.49. The second-order valence-electron chi connectivity index (χ2n) is 4.59. The summed E-state index contributed by atoms with van der Waals surface area (Å²) in [6.45, 7) is 5.86. The van der Waals surface area contributed by atoms with Crippen molar-refractivity contribution >= 4 is 23.2 Å². The monoisotopic (exact) mass is 245 g/mol. The molecule has 4 heteroatoms. The van der Waals surface area contributed by atoms with Gasteiger partial charge in [-0.3, -0.25) is 4.79 Å². The van der Waals surface area contributed by atoms with Gasteiger partial charge in [0, 0.05) is 22.7 Å². The zero-order chi connectivity index (χ0) is 13.4. The normalized spacial score (nSPS) is 11.1. The van der Waals surface area contributed by atoms with Crippen LogP contribution >= 0.6 is 0 Å². The topological polar surface area (TPSA) is 59.3 Å². The molecule has 1 N–H and O–H groups in total. The van der Waals surface area contributed by atoms with E-state index < -0.39 is 5.97 Å². The fourth-order valence-corrected chi connectivity index (χ4v) is 2.50. The predicted molar refractivity (Wildman–Crippen MR) is 69.4 cm³/mol. The van der Waals surface area contributed by atoms with E-state index in [4.69, 9.17) is 0 Å². The van der Waals surface area contributed by atoms with Crippen molar-refractivity contribution in [1.82, 2.24) is 4.57 Å². The Morgan fingerprint density at radius 3 is 2.56 bits per heavy atom. The average molecular weight is 245 g/mol. The minimum Gasteiger partial charge on any atom is -0.478 e. The fourth-order valence-electron chi connectivity index (χ4n) is 2.50. The first-order valence-electron chi connectivity index (χ1n) is 5.81. The summed E-state index contributed by atoms with van der Waals surface area (Å²) in [5.41, 5.74) is 2.25. The van der Waals surface area contributed by atoms with Crippen LogP contribution in [0.15, 0.2) is 18.2 Å². The molecule has 1 heterocycles. The lowest BCUT2D eigenvalue weighted by atomic mass is 10.1. The standard InChI is InChI=1S/C14H15NO3/c1-8(2)15-9(3)11(7-16)13-10(14(17)18)5-4-6-12(13)15/h4-8H,1-3H3,(H,17,18). The van der Waals surface area contributed by atoms with Crippen LogP contribution in [0.2, 0.25) is 0 Å². The number of aromatic carboxylic acids is 1. The molecule has 0 atom stereocenters. The van der Waals surface area contributed by atoms with Crippen LogP contribution in [0, 0.1) is 6.92 Å². The zero-order valence-corrected chi connectivity index (χ0v) is 10.6. The highest BCUT2D eigenvalue weighted by molar-refractivity contribution is 6.10. The predicted octanol–water partition coefficient (Wildman–Crippen LogP) is 3.04. The van der Waals surface area contributed by atoms with Gasteiger partial charge < -0.3 is 9.67 Å². The molecule has 0 aliphatic rings. The van der Waals surface area contributed by atoms with Crippen molar-refractivity contribution in [2.24, 2.45) is 0 Å². The Balaban J connectivity index is 3.00. The van der Waals surface area contributed by atoms with Gasteiger partial charge in [0.05, 0.1) is 11.1 Å². The number of carboxylic acids is 1. The second-order valence-corrected chi connectivity index (χ2v) is 4.59. The molecule has 4 nitrogen and oxygen atoms in total. The van der Waals surface area contributed by atoms with E-state index in [1.807, 2.05) is 31.4 Å². The summed E-state index contributed by atoms with van der Waals surface area (Å²) in [7, 11) is 0. The van der Waals surface area contributed by atoms with Crippen molar-refractivity contribution < 1.29 is 14.7 Å². The van der Waals surface area contributed by atoms with Gasteiger partial charge in [0.1, 0.15) is 0 Å². The Morgan fingerprint density at radius 2 is 2.06 bits per heavy atom. The minimum absolute atomic E-state index is 0.172. The van der Waals surface area contributed by atoms with E-state index in [-0.39, 0.29) is 11.6 Å². The maximum absolute atomic E-state index is 11.2. The van der Waals surface area contributed by atoms with E-state index in [1.54, 1.807) is 6.07 Å². The number of carbonyl (C=O) groups excluding carboxylic acids is 1. The number of hydrogen-bond acceptors (Lipinski definition) is 2. The Labute approximate surface area is 105 Å². The molecule has 0 unspecified atom stereocenters. The molecule has 0 bridgehead atoms. The molecule has 0 saturated carbocycles. The average Bonchev–Trinajstić information content (AvgIpc) is 2.59. The van der Waals surface area contributed by atoms with Crippen LogP contribution in [-0.2, 0) is 0 Å². The number of nitrogens with zero attached hydrogens (tertiary/aromatic N) is 1. The summed E-state index contributed by atoms with van der Waals surface area (Å²) in [6.07, 6.45) is 0.739. The minimum atomic E-state index is -1.01. The van der Waals surface area contributed by atoms with Gasteiger partial charge in [0.25, 0.3) is 0 Å². The molecule has 1 aromatic carbocycles. The van der Waals surface area contributed by atoms with Crippen LogP contribution in [0.25, 0.3) is 10.9 Å². The van der Waals surface area contributed by atoms with Crippen molar-refractivity contribution in [2.45, 2.75) is 26.8 Å². The summed E-state index contributed by atoms with van der Waals surface area (Å²) < 4.78 is 1.99. The smallest absolute Gasteiger partial charge is 0.336 e.